The van der Waals surface area contributed by atoms with Crippen molar-refractivity contribution in [1.29, 1.82) is 0 Å². The highest BCUT2D eigenvalue weighted by atomic mass is 32.1. The number of nitrogens with zero attached hydrogens (tertiary/aromatic N) is 5. The maximum atomic E-state index is 13.2. The first-order chi connectivity index (χ1) is 14.3. The Labute approximate surface area is 181 Å². The molecule has 1 unspecified atom stereocenters. The summed E-state index contributed by atoms with van der Waals surface area (Å²) < 4.78 is 7.07. The summed E-state index contributed by atoms with van der Waals surface area (Å²) in [5.41, 5.74) is 0.731. The van der Waals surface area contributed by atoms with Gasteiger partial charge in [0.15, 0.2) is 0 Å². The molecule has 0 aromatic carbocycles. The summed E-state index contributed by atoms with van der Waals surface area (Å²) >= 11 is 2.81. The molecule has 1 fully saturated rings. The van der Waals surface area contributed by atoms with Crippen LogP contribution in [0.4, 0.5) is 5.13 Å². The smallest absolute Gasteiger partial charge is 0.263 e. The van der Waals surface area contributed by atoms with Crippen molar-refractivity contribution in [2.75, 3.05) is 26.0 Å². The van der Waals surface area contributed by atoms with Gasteiger partial charge in [0.1, 0.15) is 28.3 Å². The molecule has 0 bridgehead atoms. The SMILES string of the molecule is Cc1sc2nc(CN(C)C)n(CC(=O)Nc3nnc(C4CCCO4)s3)c(=O)c2c1C. The number of hydrogen-bond acceptors (Lipinski definition) is 9. The number of aryl methyl sites for hydroxylation is 2. The number of carbonyl (C=O) groups is 1. The molecule has 9 nitrogen and oxygen atoms in total. The van der Waals surface area contributed by atoms with Gasteiger partial charge in [-0.2, -0.15) is 0 Å². The zero-order chi connectivity index (χ0) is 21.4. The maximum Gasteiger partial charge on any atom is 0.263 e. The molecule has 3 aromatic rings. The average molecular weight is 449 g/mol. The number of amides is 1. The van der Waals surface area contributed by atoms with E-state index in [2.05, 4.69) is 15.5 Å². The minimum atomic E-state index is -0.335. The van der Waals surface area contributed by atoms with Gasteiger partial charge in [0.05, 0.1) is 11.9 Å². The molecular weight excluding hydrogens is 424 g/mol. The predicted octanol–water partition coefficient (Wildman–Crippen LogP) is 2.48. The van der Waals surface area contributed by atoms with E-state index in [1.165, 1.54) is 27.2 Å². The van der Waals surface area contributed by atoms with Crippen LogP contribution in [-0.2, 0) is 22.6 Å². The standard InChI is InChI=1S/C19H24N6O3S2/c1-10-11(2)29-17-15(10)18(27)25(13(20-17)8-24(3)4)9-14(26)21-19-23-22-16(30-19)12-6-5-7-28-12/h12H,5-9H2,1-4H3,(H,21,23,26). The van der Waals surface area contributed by atoms with Gasteiger partial charge in [-0.25, -0.2) is 4.98 Å². The molecule has 1 aliphatic heterocycles. The van der Waals surface area contributed by atoms with Gasteiger partial charge in [-0.3, -0.25) is 19.5 Å². The summed E-state index contributed by atoms with van der Waals surface area (Å²) in [5.74, 6) is 0.226. The first-order valence-corrected chi connectivity index (χ1v) is 11.4. The summed E-state index contributed by atoms with van der Waals surface area (Å²) in [5, 5.41) is 12.7. The average Bonchev–Trinajstić information content (AvgIpc) is 3.40. The van der Waals surface area contributed by atoms with E-state index in [0.717, 1.165) is 34.9 Å². The third-order valence-electron chi connectivity index (χ3n) is 5.02. The fraction of sp³-hybridized carbons (Fsp3) is 0.526. The Balaban J connectivity index is 1.60. The van der Waals surface area contributed by atoms with E-state index in [1.54, 1.807) is 0 Å². The third kappa shape index (κ3) is 4.15. The Bertz CT molecular complexity index is 1140. The number of nitrogens with one attached hydrogen (secondary N) is 1. The highest BCUT2D eigenvalue weighted by molar-refractivity contribution is 7.18. The van der Waals surface area contributed by atoms with Crippen LogP contribution in [0.5, 0.6) is 0 Å². The lowest BCUT2D eigenvalue weighted by Crippen LogP contribution is -2.32. The topological polar surface area (TPSA) is 102 Å². The number of ether oxygens (including phenoxy) is 1. The van der Waals surface area contributed by atoms with Crippen molar-refractivity contribution in [1.82, 2.24) is 24.6 Å². The van der Waals surface area contributed by atoms with Crippen LogP contribution in [0.3, 0.4) is 0 Å². The molecule has 1 aliphatic rings. The van der Waals surface area contributed by atoms with Gasteiger partial charge in [-0.05, 0) is 46.3 Å². The lowest BCUT2D eigenvalue weighted by Gasteiger charge is -2.15. The lowest BCUT2D eigenvalue weighted by atomic mass is 10.2. The molecule has 0 aliphatic carbocycles. The van der Waals surface area contributed by atoms with E-state index in [0.29, 0.717) is 27.7 Å². The first kappa shape index (κ1) is 21.0. The van der Waals surface area contributed by atoms with E-state index in [-0.39, 0.29) is 24.1 Å². The van der Waals surface area contributed by atoms with E-state index in [9.17, 15) is 9.59 Å². The lowest BCUT2D eigenvalue weighted by molar-refractivity contribution is -0.116. The van der Waals surface area contributed by atoms with Gasteiger partial charge >= 0.3 is 0 Å². The predicted molar refractivity (Wildman–Crippen MR) is 117 cm³/mol. The van der Waals surface area contributed by atoms with Crippen molar-refractivity contribution in [3.05, 3.63) is 31.6 Å². The molecule has 0 radical (unpaired) electrons. The van der Waals surface area contributed by atoms with Gasteiger partial charge in [0, 0.05) is 11.5 Å². The number of fused-ring (bicyclic) bond motifs is 1. The van der Waals surface area contributed by atoms with Gasteiger partial charge in [-0.15, -0.1) is 21.5 Å². The van der Waals surface area contributed by atoms with Crippen LogP contribution in [0.15, 0.2) is 4.79 Å². The summed E-state index contributed by atoms with van der Waals surface area (Å²) in [6.45, 7) is 4.94. The van der Waals surface area contributed by atoms with Gasteiger partial charge in [0.2, 0.25) is 11.0 Å². The van der Waals surface area contributed by atoms with Gasteiger partial charge < -0.3 is 9.64 Å². The van der Waals surface area contributed by atoms with Gasteiger partial charge in [-0.1, -0.05) is 11.3 Å². The molecule has 30 heavy (non-hydrogen) atoms. The maximum absolute atomic E-state index is 13.2. The molecule has 4 rings (SSSR count). The van der Waals surface area contributed by atoms with Crippen molar-refractivity contribution < 1.29 is 9.53 Å². The number of rotatable bonds is 6. The van der Waals surface area contributed by atoms with E-state index in [1.807, 2.05) is 32.8 Å². The van der Waals surface area contributed by atoms with E-state index >= 15 is 0 Å². The number of aromatic nitrogens is 4. The third-order valence-corrected chi connectivity index (χ3v) is 7.05. The zero-order valence-electron chi connectivity index (χ0n) is 17.4. The van der Waals surface area contributed by atoms with Crippen LogP contribution < -0.4 is 10.9 Å². The number of thiophene rings is 1. The summed E-state index contributed by atoms with van der Waals surface area (Å²) in [6.07, 6.45) is 1.87. The Morgan fingerprint density at radius 1 is 1.30 bits per heavy atom. The molecule has 1 atom stereocenters. The highest BCUT2D eigenvalue weighted by Gasteiger charge is 2.23. The highest BCUT2D eigenvalue weighted by Crippen LogP contribution is 2.32. The quantitative estimate of drug-likeness (QED) is 0.618. The molecule has 1 saturated heterocycles. The Morgan fingerprint density at radius 2 is 2.10 bits per heavy atom. The second-order valence-corrected chi connectivity index (χ2v) is 9.83. The molecular formula is C19H24N6O3S2. The summed E-state index contributed by atoms with van der Waals surface area (Å²) in [4.78, 5) is 34.3. The van der Waals surface area contributed by atoms with E-state index in [4.69, 9.17) is 9.72 Å². The minimum Gasteiger partial charge on any atom is -0.371 e. The van der Waals surface area contributed by atoms with Crippen molar-refractivity contribution in [3.63, 3.8) is 0 Å². The molecule has 0 saturated carbocycles. The van der Waals surface area contributed by atoms with Crippen molar-refractivity contribution >= 4 is 43.9 Å². The fourth-order valence-electron chi connectivity index (χ4n) is 3.43. The number of carbonyl (C=O) groups excluding carboxylic acids is 1. The first-order valence-electron chi connectivity index (χ1n) is 9.72. The molecule has 1 amide bonds. The molecule has 0 spiro atoms. The van der Waals surface area contributed by atoms with Crippen LogP contribution in [0.1, 0.15) is 40.2 Å². The normalized spacial score (nSPS) is 16.6. The minimum absolute atomic E-state index is 0.0427. The Kier molecular flexibility index (Phi) is 5.96. The largest absolute Gasteiger partial charge is 0.371 e. The molecule has 4 heterocycles. The zero-order valence-corrected chi connectivity index (χ0v) is 19.0. The van der Waals surface area contributed by atoms with Crippen LogP contribution >= 0.6 is 22.7 Å². The van der Waals surface area contributed by atoms with Crippen LogP contribution in [0.25, 0.3) is 10.2 Å². The Hall–Kier alpha value is -2.21. The fourth-order valence-corrected chi connectivity index (χ4v) is 5.31. The van der Waals surface area contributed by atoms with Crippen molar-refractivity contribution in [3.8, 4) is 0 Å². The molecule has 1 N–H and O–H groups in total. The second-order valence-electron chi connectivity index (χ2n) is 7.62. The van der Waals surface area contributed by atoms with Crippen molar-refractivity contribution in [2.24, 2.45) is 0 Å². The number of anilines is 1. The van der Waals surface area contributed by atoms with Crippen LogP contribution in [-0.4, -0.2) is 51.3 Å². The molecule has 11 heteroatoms. The second kappa shape index (κ2) is 8.50. The molecule has 160 valence electrons. The number of hydrogen-bond donors (Lipinski definition) is 1. The van der Waals surface area contributed by atoms with Gasteiger partial charge in [0.25, 0.3) is 5.56 Å². The Morgan fingerprint density at radius 3 is 2.80 bits per heavy atom. The summed E-state index contributed by atoms with van der Waals surface area (Å²) in [6, 6.07) is 0. The van der Waals surface area contributed by atoms with E-state index < -0.39 is 0 Å². The van der Waals surface area contributed by atoms with Crippen LogP contribution in [0.2, 0.25) is 0 Å². The van der Waals surface area contributed by atoms with Crippen molar-refractivity contribution in [2.45, 2.75) is 45.9 Å². The molecule has 3 aromatic heterocycles. The van der Waals surface area contributed by atoms with Crippen LogP contribution in [0, 0.1) is 13.8 Å². The monoisotopic (exact) mass is 448 g/mol. The summed E-state index contributed by atoms with van der Waals surface area (Å²) in [7, 11) is 3.80.